The van der Waals surface area contributed by atoms with Gasteiger partial charge < -0.3 is 5.73 Å². The molecule has 6 nitrogen and oxygen atoms in total. The molecule has 1 aliphatic heterocycles. The predicted molar refractivity (Wildman–Crippen MR) is 80.5 cm³/mol. The molecule has 0 radical (unpaired) electrons. The van der Waals surface area contributed by atoms with E-state index in [9.17, 15) is 14.9 Å². The summed E-state index contributed by atoms with van der Waals surface area (Å²) in [7, 11) is 0. The van der Waals surface area contributed by atoms with Crippen molar-refractivity contribution in [1.29, 1.82) is 0 Å². The molecule has 0 spiro atoms. The van der Waals surface area contributed by atoms with Gasteiger partial charge in [-0.05, 0) is 32.0 Å². The molecule has 112 valence electrons. The summed E-state index contributed by atoms with van der Waals surface area (Å²) in [4.78, 5) is 23.8. The summed E-state index contributed by atoms with van der Waals surface area (Å²) >= 11 is 0. The van der Waals surface area contributed by atoms with Gasteiger partial charge in [-0.3, -0.25) is 19.8 Å². The number of hydrogen-bond acceptors (Lipinski definition) is 4. The Balaban J connectivity index is 1.89. The third kappa shape index (κ3) is 4.13. The molecule has 1 aromatic carbocycles. The van der Waals surface area contributed by atoms with Gasteiger partial charge in [0.2, 0.25) is 5.91 Å². The molecule has 0 aliphatic carbocycles. The SMILES string of the molecule is NC(=O)C1CCN(CC=Cc2ccccc2[N+](=O)[O-])CC1. The second-order valence-corrected chi connectivity index (χ2v) is 5.20. The van der Waals surface area contributed by atoms with Crippen LogP contribution in [-0.4, -0.2) is 35.4 Å². The summed E-state index contributed by atoms with van der Waals surface area (Å²) in [6, 6.07) is 6.67. The molecule has 0 bridgehead atoms. The van der Waals surface area contributed by atoms with Crippen LogP contribution in [0.5, 0.6) is 0 Å². The Morgan fingerprint density at radius 3 is 2.67 bits per heavy atom. The molecule has 1 fully saturated rings. The number of likely N-dealkylation sites (tertiary alicyclic amines) is 1. The fraction of sp³-hybridized carbons (Fsp3) is 0.400. The normalized spacial score (nSPS) is 17.1. The van der Waals surface area contributed by atoms with Crippen LogP contribution in [0, 0.1) is 16.0 Å². The highest BCUT2D eigenvalue weighted by atomic mass is 16.6. The van der Waals surface area contributed by atoms with E-state index in [-0.39, 0.29) is 22.4 Å². The van der Waals surface area contributed by atoms with Crippen LogP contribution in [0.1, 0.15) is 18.4 Å². The number of carbonyl (C=O) groups is 1. The molecule has 1 amide bonds. The fourth-order valence-electron chi connectivity index (χ4n) is 2.52. The molecular formula is C15H19N3O3. The quantitative estimate of drug-likeness (QED) is 0.661. The Labute approximate surface area is 123 Å². The van der Waals surface area contributed by atoms with Gasteiger partial charge in [0.05, 0.1) is 10.5 Å². The largest absolute Gasteiger partial charge is 0.369 e. The van der Waals surface area contributed by atoms with Crippen LogP contribution < -0.4 is 5.73 Å². The minimum Gasteiger partial charge on any atom is -0.369 e. The van der Waals surface area contributed by atoms with E-state index < -0.39 is 0 Å². The van der Waals surface area contributed by atoms with Crippen LogP contribution in [0.2, 0.25) is 0 Å². The molecule has 0 aromatic heterocycles. The first-order valence-electron chi connectivity index (χ1n) is 6.99. The summed E-state index contributed by atoms with van der Waals surface area (Å²) in [6.45, 7) is 2.38. The van der Waals surface area contributed by atoms with Crippen LogP contribution in [0.3, 0.4) is 0 Å². The highest BCUT2D eigenvalue weighted by Gasteiger charge is 2.22. The molecule has 1 saturated heterocycles. The first-order chi connectivity index (χ1) is 10.1. The highest BCUT2D eigenvalue weighted by molar-refractivity contribution is 5.76. The number of amides is 1. The van der Waals surface area contributed by atoms with Gasteiger partial charge >= 0.3 is 0 Å². The minimum atomic E-state index is -0.377. The number of nitrogens with two attached hydrogens (primary N) is 1. The van der Waals surface area contributed by atoms with E-state index in [0.717, 1.165) is 32.5 Å². The van der Waals surface area contributed by atoms with Crippen molar-refractivity contribution in [2.45, 2.75) is 12.8 Å². The molecule has 21 heavy (non-hydrogen) atoms. The molecule has 1 aromatic rings. The van der Waals surface area contributed by atoms with Crippen LogP contribution >= 0.6 is 0 Å². The van der Waals surface area contributed by atoms with Gasteiger partial charge in [-0.1, -0.05) is 24.3 Å². The Morgan fingerprint density at radius 2 is 2.05 bits per heavy atom. The Bertz CT molecular complexity index is 549. The van der Waals surface area contributed by atoms with Crippen molar-refractivity contribution < 1.29 is 9.72 Å². The molecule has 6 heteroatoms. The Hall–Kier alpha value is -2.21. The molecule has 0 saturated carbocycles. The zero-order valence-corrected chi connectivity index (χ0v) is 11.8. The predicted octanol–water partition coefficient (Wildman–Crippen LogP) is 1.81. The van der Waals surface area contributed by atoms with Crippen molar-refractivity contribution in [3.05, 3.63) is 46.0 Å². The first kappa shape index (κ1) is 15.2. The van der Waals surface area contributed by atoms with Crippen molar-refractivity contribution in [3.8, 4) is 0 Å². The summed E-state index contributed by atoms with van der Waals surface area (Å²) in [5.74, 6) is -0.231. The number of rotatable bonds is 5. The standard InChI is InChI=1S/C15H19N3O3/c16-15(19)13-7-10-17(11-8-13)9-3-5-12-4-1-2-6-14(12)18(20)21/h1-6,13H,7-11H2,(H2,16,19). The minimum absolute atomic E-state index is 0.0135. The van der Waals surface area contributed by atoms with E-state index in [1.165, 1.54) is 6.07 Å². The van der Waals surface area contributed by atoms with E-state index in [2.05, 4.69) is 4.90 Å². The molecule has 1 heterocycles. The van der Waals surface area contributed by atoms with Gasteiger partial charge in [0.25, 0.3) is 5.69 Å². The van der Waals surface area contributed by atoms with Crippen LogP contribution in [0.4, 0.5) is 5.69 Å². The van der Waals surface area contributed by atoms with Crippen molar-refractivity contribution >= 4 is 17.7 Å². The van der Waals surface area contributed by atoms with Crippen LogP contribution in [0.15, 0.2) is 30.3 Å². The number of hydrogen-bond donors (Lipinski definition) is 1. The number of para-hydroxylation sites is 1. The van der Waals surface area contributed by atoms with E-state index in [4.69, 9.17) is 5.73 Å². The summed E-state index contributed by atoms with van der Waals surface area (Å²) in [6.07, 6.45) is 5.27. The number of carbonyl (C=O) groups excluding carboxylic acids is 1. The smallest absolute Gasteiger partial charge is 0.276 e. The second kappa shape index (κ2) is 6.99. The van der Waals surface area contributed by atoms with Gasteiger partial charge in [-0.15, -0.1) is 0 Å². The third-order valence-electron chi connectivity index (χ3n) is 3.78. The molecule has 1 aliphatic rings. The van der Waals surface area contributed by atoms with Gasteiger partial charge in [0.15, 0.2) is 0 Å². The van der Waals surface area contributed by atoms with E-state index in [0.29, 0.717) is 5.56 Å². The number of primary amides is 1. The maximum absolute atomic E-state index is 11.1. The lowest BCUT2D eigenvalue weighted by atomic mass is 9.96. The van der Waals surface area contributed by atoms with E-state index >= 15 is 0 Å². The lowest BCUT2D eigenvalue weighted by molar-refractivity contribution is -0.385. The third-order valence-corrected chi connectivity index (χ3v) is 3.78. The average Bonchev–Trinajstić information content (AvgIpc) is 2.48. The topological polar surface area (TPSA) is 89.5 Å². The van der Waals surface area contributed by atoms with Crippen LogP contribution in [0.25, 0.3) is 6.08 Å². The maximum atomic E-state index is 11.1. The van der Waals surface area contributed by atoms with Crippen molar-refractivity contribution in [2.75, 3.05) is 19.6 Å². The Kier molecular flexibility index (Phi) is 5.05. The van der Waals surface area contributed by atoms with Gasteiger partial charge in [-0.2, -0.15) is 0 Å². The van der Waals surface area contributed by atoms with Crippen molar-refractivity contribution in [1.82, 2.24) is 4.90 Å². The first-order valence-corrected chi connectivity index (χ1v) is 6.99. The van der Waals surface area contributed by atoms with Gasteiger partial charge in [0, 0.05) is 18.5 Å². The molecule has 2 rings (SSSR count). The zero-order chi connectivity index (χ0) is 15.2. The zero-order valence-electron chi connectivity index (χ0n) is 11.8. The lowest BCUT2D eigenvalue weighted by Crippen LogP contribution is -2.38. The summed E-state index contributed by atoms with van der Waals surface area (Å²) in [5, 5.41) is 10.9. The maximum Gasteiger partial charge on any atom is 0.276 e. The highest BCUT2D eigenvalue weighted by Crippen LogP contribution is 2.20. The van der Waals surface area contributed by atoms with Gasteiger partial charge in [-0.25, -0.2) is 0 Å². The van der Waals surface area contributed by atoms with Crippen molar-refractivity contribution in [2.24, 2.45) is 11.7 Å². The number of nitrogens with zero attached hydrogens (tertiary/aromatic N) is 2. The summed E-state index contributed by atoms with van der Waals surface area (Å²) < 4.78 is 0. The fourth-order valence-corrected chi connectivity index (χ4v) is 2.52. The molecule has 2 N–H and O–H groups in total. The lowest BCUT2D eigenvalue weighted by Gasteiger charge is -2.29. The monoisotopic (exact) mass is 289 g/mol. The van der Waals surface area contributed by atoms with Crippen LogP contribution in [-0.2, 0) is 4.79 Å². The second-order valence-electron chi connectivity index (χ2n) is 5.20. The van der Waals surface area contributed by atoms with Crippen molar-refractivity contribution in [3.63, 3.8) is 0 Å². The molecule has 0 atom stereocenters. The average molecular weight is 289 g/mol. The summed E-state index contributed by atoms with van der Waals surface area (Å²) in [5.41, 5.74) is 6.02. The number of piperidine rings is 1. The number of nitro groups is 1. The molecule has 0 unspecified atom stereocenters. The number of nitro benzene ring substituents is 1. The Morgan fingerprint density at radius 1 is 1.38 bits per heavy atom. The van der Waals surface area contributed by atoms with E-state index in [1.54, 1.807) is 24.3 Å². The van der Waals surface area contributed by atoms with Gasteiger partial charge in [0.1, 0.15) is 0 Å². The number of benzene rings is 1. The molecular weight excluding hydrogens is 270 g/mol. The van der Waals surface area contributed by atoms with E-state index in [1.807, 2.05) is 6.08 Å².